The van der Waals surface area contributed by atoms with Crippen LogP contribution in [0.1, 0.15) is 44.3 Å². The smallest absolute Gasteiger partial charge is 0.133 e. The Morgan fingerprint density at radius 2 is 2.06 bits per heavy atom. The van der Waals surface area contributed by atoms with Crippen molar-refractivity contribution in [2.75, 3.05) is 0 Å². The van der Waals surface area contributed by atoms with Crippen molar-refractivity contribution in [3.8, 4) is 0 Å². The van der Waals surface area contributed by atoms with E-state index < -0.39 is 0 Å². The third-order valence-electron chi connectivity index (χ3n) is 3.82. The molecule has 0 bridgehead atoms. The summed E-state index contributed by atoms with van der Waals surface area (Å²) in [6, 6.07) is 2.60. The van der Waals surface area contributed by atoms with Crippen molar-refractivity contribution < 1.29 is 4.79 Å². The average Bonchev–Trinajstić information content (AvgIpc) is 2.60. The van der Waals surface area contributed by atoms with E-state index in [1.54, 1.807) is 0 Å². The summed E-state index contributed by atoms with van der Waals surface area (Å²) in [4.78, 5) is 11.3. The summed E-state index contributed by atoms with van der Waals surface area (Å²) in [6.45, 7) is 4.33. The van der Waals surface area contributed by atoms with Crippen LogP contribution in [0.2, 0.25) is 0 Å². The molecule has 0 saturated heterocycles. The van der Waals surface area contributed by atoms with Crippen LogP contribution in [0.15, 0.2) is 6.07 Å². The molecule has 4 heteroatoms. The van der Waals surface area contributed by atoms with Crippen LogP contribution in [0.3, 0.4) is 0 Å². The molecule has 1 aromatic rings. The molecule has 2 fully saturated rings. The molecule has 2 aliphatic carbocycles. The van der Waals surface area contributed by atoms with Crippen molar-refractivity contribution >= 4 is 28.4 Å². The van der Waals surface area contributed by atoms with E-state index in [1.165, 1.54) is 5.69 Å². The molecule has 0 radical (unpaired) electrons. The molecule has 0 spiro atoms. The molecule has 0 unspecified atom stereocenters. The Kier molecular flexibility index (Phi) is 2.38. The summed E-state index contributed by atoms with van der Waals surface area (Å²) in [5.41, 5.74) is 1.35. The van der Waals surface area contributed by atoms with Gasteiger partial charge in [-0.25, -0.2) is 0 Å². The highest BCUT2D eigenvalue weighted by Gasteiger charge is 2.57. The maximum atomic E-state index is 11.3. The number of carbonyl (C=O) groups is 1. The van der Waals surface area contributed by atoms with Gasteiger partial charge in [-0.2, -0.15) is 5.10 Å². The lowest BCUT2D eigenvalue weighted by molar-refractivity contribution is -0.118. The Morgan fingerprint density at radius 3 is 2.62 bits per heavy atom. The number of nitrogens with zero attached hydrogens (tertiary/aromatic N) is 2. The third kappa shape index (κ3) is 1.53. The van der Waals surface area contributed by atoms with Crippen molar-refractivity contribution in [2.45, 2.75) is 38.6 Å². The van der Waals surface area contributed by atoms with Crippen LogP contribution in [0.5, 0.6) is 0 Å². The molecule has 0 N–H and O–H groups in total. The Morgan fingerprint density at radius 1 is 1.44 bits per heavy atom. The second kappa shape index (κ2) is 3.55. The van der Waals surface area contributed by atoms with Gasteiger partial charge in [-0.1, -0.05) is 0 Å². The predicted molar refractivity (Wildman–Crippen MR) is 69.3 cm³/mol. The van der Waals surface area contributed by atoms with Gasteiger partial charge < -0.3 is 0 Å². The van der Waals surface area contributed by atoms with Crippen LogP contribution in [0.25, 0.3) is 0 Å². The number of aromatic nitrogens is 2. The number of carbonyl (C=O) groups excluding carboxylic acids is 1. The van der Waals surface area contributed by atoms with Gasteiger partial charge in [-0.15, -0.1) is 0 Å². The Labute approximate surface area is 109 Å². The van der Waals surface area contributed by atoms with Crippen molar-refractivity contribution in [3.05, 3.63) is 15.5 Å². The minimum Gasteiger partial charge on any atom is -0.300 e. The molecule has 0 aliphatic heterocycles. The van der Waals surface area contributed by atoms with Gasteiger partial charge in [-0.05, 0) is 54.3 Å². The standard InChI is InChI=1S/C12H15IN2O/c1-6(2)15-10(5-11(13)14-15)12-8-3-7(16)4-9(8)12/h5-6,8-9,12H,3-4H2,1-2H3/t8-,9+,12+. The van der Waals surface area contributed by atoms with Crippen LogP contribution in [0.4, 0.5) is 0 Å². The largest absolute Gasteiger partial charge is 0.300 e. The zero-order valence-corrected chi connectivity index (χ0v) is 11.6. The van der Waals surface area contributed by atoms with Crippen molar-refractivity contribution in [1.29, 1.82) is 0 Å². The lowest BCUT2D eigenvalue weighted by atomic mass is 10.1. The third-order valence-corrected chi connectivity index (χ3v) is 4.35. The number of rotatable bonds is 2. The molecule has 3 nitrogen and oxygen atoms in total. The van der Waals surface area contributed by atoms with Crippen LogP contribution in [-0.4, -0.2) is 15.6 Å². The van der Waals surface area contributed by atoms with E-state index in [9.17, 15) is 4.79 Å². The molecule has 0 amide bonds. The molecule has 0 aromatic carbocycles. The normalized spacial score (nSPS) is 32.2. The molecule has 86 valence electrons. The molecule has 3 rings (SSSR count). The maximum absolute atomic E-state index is 11.3. The van der Waals surface area contributed by atoms with E-state index in [0.717, 1.165) is 16.5 Å². The second-order valence-corrected chi connectivity index (χ2v) is 6.34. The predicted octanol–water partition coefficient (Wildman–Crippen LogP) is 2.76. The first-order chi connectivity index (χ1) is 7.58. The molecule has 3 atom stereocenters. The first-order valence-corrected chi connectivity index (χ1v) is 6.92. The molecular formula is C12H15IN2O. The van der Waals surface area contributed by atoms with Gasteiger partial charge in [0.25, 0.3) is 0 Å². The van der Waals surface area contributed by atoms with E-state index in [0.29, 0.717) is 29.6 Å². The zero-order chi connectivity index (χ0) is 11.4. The number of halogens is 1. The second-order valence-electron chi connectivity index (χ2n) is 5.23. The zero-order valence-electron chi connectivity index (χ0n) is 9.48. The topological polar surface area (TPSA) is 34.9 Å². The van der Waals surface area contributed by atoms with Crippen molar-refractivity contribution in [1.82, 2.24) is 9.78 Å². The Bertz CT molecular complexity index is 438. The highest BCUT2D eigenvalue weighted by Crippen LogP contribution is 2.62. The summed E-state index contributed by atoms with van der Waals surface area (Å²) >= 11 is 2.27. The molecule has 1 aromatic heterocycles. The highest BCUT2D eigenvalue weighted by atomic mass is 127. The average molecular weight is 330 g/mol. The van der Waals surface area contributed by atoms with E-state index >= 15 is 0 Å². The number of fused-ring (bicyclic) bond motifs is 1. The SMILES string of the molecule is CC(C)n1nc(I)cc1[C@H]1[C@@H]2CC(=O)C[C@@H]21. The van der Waals surface area contributed by atoms with Crippen LogP contribution >= 0.6 is 22.6 Å². The summed E-state index contributed by atoms with van der Waals surface area (Å²) in [5.74, 6) is 2.31. The van der Waals surface area contributed by atoms with E-state index in [4.69, 9.17) is 0 Å². The maximum Gasteiger partial charge on any atom is 0.133 e. The first-order valence-electron chi connectivity index (χ1n) is 5.84. The lowest BCUT2D eigenvalue weighted by Crippen LogP contribution is -2.09. The minimum atomic E-state index is 0.413. The van der Waals surface area contributed by atoms with E-state index in [2.05, 4.69) is 52.3 Å². The fourth-order valence-corrected chi connectivity index (χ4v) is 3.64. The first kappa shape index (κ1) is 10.7. The quantitative estimate of drug-likeness (QED) is 0.782. The van der Waals surface area contributed by atoms with E-state index in [1.807, 2.05) is 0 Å². The minimum absolute atomic E-state index is 0.413. The summed E-state index contributed by atoms with van der Waals surface area (Å²) < 4.78 is 3.20. The fourth-order valence-electron chi connectivity index (χ4n) is 3.09. The Balaban J connectivity index is 1.89. The summed E-state index contributed by atoms with van der Waals surface area (Å²) in [6.07, 6.45) is 1.60. The molecule has 2 saturated carbocycles. The van der Waals surface area contributed by atoms with Crippen molar-refractivity contribution in [2.24, 2.45) is 11.8 Å². The Hall–Kier alpha value is -0.390. The van der Waals surface area contributed by atoms with Crippen LogP contribution < -0.4 is 0 Å². The van der Waals surface area contributed by atoms with Gasteiger partial charge >= 0.3 is 0 Å². The fraction of sp³-hybridized carbons (Fsp3) is 0.667. The summed E-state index contributed by atoms with van der Waals surface area (Å²) in [7, 11) is 0. The monoisotopic (exact) mass is 330 g/mol. The number of ketones is 1. The van der Waals surface area contributed by atoms with Gasteiger partial charge in [0.05, 0.1) is 0 Å². The van der Waals surface area contributed by atoms with Gasteiger partial charge in [0.2, 0.25) is 0 Å². The van der Waals surface area contributed by atoms with Crippen LogP contribution in [0, 0.1) is 15.5 Å². The molecular weight excluding hydrogens is 315 g/mol. The molecule has 16 heavy (non-hydrogen) atoms. The lowest BCUT2D eigenvalue weighted by Gasteiger charge is -2.11. The number of Topliss-reactive ketones (excluding diaryl/α,β-unsaturated/α-hetero) is 1. The van der Waals surface area contributed by atoms with Gasteiger partial charge in [0.15, 0.2) is 0 Å². The van der Waals surface area contributed by atoms with E-state index in [-0.39, 0.29) is 0 Å². The van der Waals surface area contributed by atoms with Gasteiger partial charge in [0, 0.05) is 30.5 Å². The highest BCUT2D eigenvalue weighted by molar-refractivity contribution is 14.1. The summed E-state index contributed by atoms with van der Waals surface area (Å²) in [5, 5.41) is 4.54. The van der Waals surface area contributed by atoms with Gasteiger partial charge in [-0.3, -0.25) is 9.48 Å². The van der Waals surface area contributed by atoms with Gasteiger partial charge in [0.1, 0.15) is 9.48 Å². The number of hydrogen-bond acceptors (Lipinski definition) is 2. The van der Waals surface area contributed by atoms with Crippen molar-refractivity contribution in [3.63, 3.8) is 0 Å². The molecule has 1 heterocycles. The molecule has 2 aliphatic rings. The van der Waals surface area contributed by atoms with Crippen LogP contribution in [-0.2, 0) is 4.79 Å². The number of hydrogen-bond donors (Lipinski definition) is 0.